The van der Waals surface area contributed by atoms with E-state index in [1.54, 1.807) is 12.3 Å². The molecule has 2 heterocycles. The van der Waals surface area contributed by atoms with Gasteiger partial charge in [-0.2, -0.15) is 0 Å². The quantitative estimate of drug-likeness (QED) is 0.299. The van der Waals surface area contributed by atoms with Crippen molar-refractivity contribution in [1.29, 1.82) is 0 Å². The number of nitro groups is 1. The Labute approximate surface area is 129 Å². The Bertz CT molecular complexity index is 855. The van der Waals surface area contributed by atoms with Gasteiger partial charge in [0, 0.05) is 48.6 Å². The zero-order valence-corrected chi connectivity index (χ0v) is 12.3. The predicted molar refractivity (Wildman–Crippen MR) is 79.2 cm³/mol. The molecule has 0 atom stereocenters. The second-order valence-electron chi connectivity index (χ2n) is 5.47. The van der Waals surface area contributed by atoms with E-state index < -0.39 is 22.6 Å². The molecule has 118 valence electrons. The van der Waals surface area contributed by atoms with Gasteiger partial charge >= 0.3 is 11.9 Å². The van der Waals surface area contributed by atoms with Crippen LogP contribution in [0.4, 0.5) is 5.69 Å². The van der Waals surface area contributed by atoms with Crippen molar-refractivity contribution in [1.82, 2.24) is 4.98 Å². The smallest absolute Gasteiger partial charge is 0.348 e. The minimum atomic E-state index is -1.31. The van der Waals surface area contributed by atoms with E-state index in [9.17, 15) is 19.7 Å². The zero-order chi connectivity index (χ0) is 16.8. The topological polar surface area (TPSA) is 112 Å². The maximum Gasteiger partial charge on any atom is 0.348 e. The summed E-state index contributed by atoms with van der Waals surface area (Å²) >= 11 is 0. The molecule has 1 saturated heterocycles. The second kappa shape index (κ2) is 4.94. The third kappa shape index (κ3) is 2.66. The summed E-state index contributed by atoms with van der Waals surface area (Å²) in [5.74, 6) is -2.91. The van der Waals surface area contributed by atoms with Gasteiger partial charge in [-0.3, -0.25) is 10.1 Å². The van der Waals surface area contributed by atoms with E-state index >= 15 is 0 Å². The van der Waals surface area contributed by atoms with E-state index in [-0.39, 0.29) is 11.3 Å². The van der Waals surface area contributed by atoms with Crippen molar-refractivity contribution >= 4 is 34.6 Å². The van der Waals surface area contributed by atoms with Crippen LogP contribution < -0.4 is 0 Å². The van der Waals surface area contributed by atoms with Crippen molar-refractivity contribution in [2.45, 2.75) is 19.6 Å². The molecule has 0 bridgehead atoms. The van der Waals surface area contributed by atoms with Gasteiger partial charge in [0.2, 0.25) is 0 Å². The highest BCUT2D eigenvalue weighted by Crippen LogP contribution is 2.28. The lowest BCUT2D eigenvalue weighted by molar-refractivity contribution is -0.384. The Morgan fingerprint density at radius 3 is 2.48 bits per heavy atom. The first-order chi connectivity index (χ1) is 10.8. The monoisotopic (exact) mass is 316 g/mol. The van der Waals surface area contributed by atoms with E-state index in [2.05, 4.69) is 4.98 Å². The lowest BCUT2D eigenvalue weighted by atomic mass is 10.1. The van der Waals surface area contributed by atoms with Crippen LogP contribution in [0.2, 0.25) is 0 Å². The molecule has 1 aromatic carbocycles. The van der Waals surface area contributed by atoms with Gasteiger partial charge < -0.3 is 14.5 Å². The molecular weight excluding hydrogens is 304 g/mol. The average molecular weight is 316 g/mol. The normalized spacial score (nSPS) is 16.9. The highest BCUT2D eigenvalue weighted by Gasteiger charge is 2.38. The van der Waals surface area contributed by atoms with Crippen molar-refractivity contribution in [2.24, 2.45) is 0 Å². The van der Waals surface area contributed by atoms with E-state index in [1.165, 1.54) is 32.1 Å². The van der Waals surface area contributed by atoms with Crippen LogP contribution in [-0.2, 0) is 19.1 Å². The first kappa shape index (κ1) is 14.8. The lowest BCUT2D eigenvalue weighted by Crippen LogP contribution is -2.41. The molecule has 1 aliphatic heterocycles. The molecule has 8 nitrogen and oxygen atoms in total. The molecule has 0 aliphatic carbocycles. The number of nitrogens with zero attached hydrogens (tertiary/aromatic N) is 1. The van der Waals surface area contributed by atoms with Crippen molar-refractivity contribution in [2.75, 3.05) is 0 Å². The number of nitrogens with one attached hydrogen (secondary N) is 1. The summed E-state index contributed by atoms with van der Waals surface area (Å²) in [4.78, 5) is 37.2. The van der Waals surface area contributed by atoms with Crippen LogP contribution in [0, 0.1) is 10.1 Å². The number of hydrogen-bond acceptors (Lipinski definition) is 6. The number of H-pyrrole nitrogens is 1. The second-order valence-corrected chi connectivity index (χ2v) is 5.47. The molecule has 8 heteroatoms. The Kier molecular flexibility index (Phi) is 3.17. The first-order valence-corrected chi connectivity index (χ1v) is 6.71. The molecule has 0 amide bonds. The number of cyclic esters (lactones) is 2. The number of aromatic amines is 1. The molecule has 0 radical (unpaired) electrons. The Hall–Kier alpha value is -3.16. The minimum absolute atomic E-state index is 0.0910. The number of benzene rings is 1. The van der Waals surface area contributed by atoms with Gasteiger partial charge in [0.15, 0.2) is 0 Å². The standard InChI is InChI=1S/C15H12N2O6/c1-15(2)22-13(18)11(14(19)23-15)5-8-7-16-12-4-3-9(17(20)21)6-10(8)12/h3-7,16H,1-2H3. The van der Waals surface area contributed by atoms with E-state index in [4.69, 9.17) is 9.47 Å². The van der Waals surface area contributed by atoms with Gasteiger partial charge in [-0.1, -0.05) is 0 Å². The number of carbonyl (C=O) groups is 2. The summed E-state index contributed by atoms with van der Waals surface area (Å²) in [7, 11) is 0. The fraction of sp³-hybridized carbons (Fsp3) is 0.200. The SMILES string of the molecule is CC1(C)OC(=O)C(=Cc2c[nH]c3ccc([N+](=O)[O-])cc23)C(=O)O1. The molecular formula is C15H12N2O6. The highest BCUT2D eigenvalue weighted by atomic mass is 16.7. The Balaban J connectivity index is 2.07. The van der Waals surface area contributed by atoms with E-state index in [0.29, 0.717) is 16.5 Å². The van der Waals surface area contributed by atoms with Crippen molar-refractivity contribution in [3.8, 4) is 0 Å². The molecule has 0 spiro atoms. The van der Waals surface area contributed by atoms with E-state index in [0.717, 1.165) is 0 Å². The molecule has 0 saturated carbocycles. The molecule has 1 aliphatic rings. The number of non-ortho nitro benzene ring substituents is 1. The molecule has 1 aromatic heterocycles. The van der Waals surface area contributed by atoms with Crippen LogP contribution >= 0.6 is 0 Å². The number of ether oxygens (including phenoxy) is 2. The summed E-state index contributed by atoms with van der Waals surface area (Å²) in [5.41, 5.74) is 0.732. The van der Waals surface area contributed by atoms with Gasteiger partial charge in [0.25, 0.3) is 11.5 Å². The fourth-order valence-corrected chi connectivity index (χ4v) is 2.30. The molecule has 2 aromatic rings. The maximum atomic E-state index is 11.9. The predicted octanol–water partition coefficient (Wildman–Crippen LogP) is 2.30. The maximum absolute atomic E-state index is 11.9. The molecule has 0 unspecified atom stereocenters. The molecule has 23 heavy (non-hydrogen) atoms. The van der Waals surface area contributed by atoms with Crippen LogP contribution in [0.3, 0.4) is 0 Å². The number of esters is 2. The van der Waals surface area contributed by atoms with Crippen LogP contribution in [-0.4, -0.2) is 27.6 Å². The van der Waals surface area contributed by atoms with Crippen molar-refractivity contribution < 1.29 is 24.0 Å². The van der Waals surface area contributed by atoms with E-state index in [1.807, 2.05) is 0 Å². The Morgan fingerprint density at radius 2 is 1.87 bits per heavy atom. The van der Waals surface area contributed by atoms with Gasteiger partial charge in [-0.05, 0) is 12.1 Å². The molecule has 1 N–H and O–H groups in total. The van der Waals surface area contributed by atoms with Gasteiger partial charge in [0.1, 0.15) is 5.57 Å². The minimum Gasteiger partial charge on any atom is -0.419 e. The summed E-state index contributed by atoms with van der Waals surface area (Å²) in [6.07, 6.45) is 2.84. The van der Waals surface area contributed by atoms with Crippen LogP contribution in [0.15, 0.2) is 30.0 Å². The van der Waals surface area contributed by atoms with Crippen LogP contribution in [0.5, 0.6) is 0 Å². The summed E-state index contributed by atoms with van der Waals surface area (Å²) in [6.45, 7) is 2.91. The van der Waals surface area contributed by atoms with Crippen molar-refractivity contribution in [3.63, 3.8) is 0 Å². The third-order valence-electron chi connectivity index (χ3n) is 3.32. The van der Waals surface area contributed by atoms with Gasteiger partial charge in [-0.15, -0.1) is 0 Å². The van der Waals surface area contributed by atoms with Gasteiger partial charge in [0.05, 0.1) is 4.92 Å². The average Bonchev–Trinajstić information content (AvgIpc) is 2.84. The molecule has 1 fully saturated rings. The van der Waals surface area contributed by atoms with Gasteiger partial charge in [-0.25, -0.2) is 9.59 Å². The van der Waals surface area contributed by atoms with Crippen molar-refractivity contribution in [3.05, 3.63) is 45.6 Å². The summed E-state index contributed by atoms with van der Waals surface area (Å²) in [5, 5.41) is 11.4. The largest absolute Gasteiger partial charge is 0.419 e. The summed E-state index contributed by atoms with van der Waals surface area (Å²) in [6, 6.07) is 4.28. The number of hydrogen-bond donors (Lipinski definition) is 1. The van der Waals surface area contributed by atoms with Crippen LogP contribution in [0.25, 0.3) is 17.0 Å². The number of rotatable bonds is 2. The third-order valence-corrected chi connectivity index (χ3v) is 3.32. The fourth-order valence-electron chi connectivity index (χ4n) is 2.30. The summed E-state index contributed by atoms with van der Waals surface area (Å²) < 4.78 is 10.0. The number of carbonyl (C=O) groups excluding carboxylic acids is 2. The van der Waals surface area contributed by atoms with Crippen LogP contribution in [0.1, 0.15) is 19.4 Å². The Morgan fingerprint density at radius 1 is 1.22 bits per heavy atom. The number of fused-ring (bicyclic) bond motifs is 1. The first-order valence-electron chi connectivity index (χ1n) is 6.71. The highest BCUT2D eigenvalue weighted by molar-refractivity contribution is 6.19. The number of nitro benzene ring substituents is 1. The zero-order valence-electron chi connectivity index (χ0n) is 12.3. The lowest BCUT2D eigenvalue weighted by Gasteiger charge is -2.29. The molecule has 3 rings (SSSR count). The number of aromatic nitrogens is 1.